The van der Waals surface area contributed by atoms with Crippen LogP contribution in [0.4, 0.5) is 0 Å². The van der Waals surface area contributed by atoms with Crippen LogP contribution in [0.15, 0.2) is 0 Å². The van der Waals surface area contributed by atoms with Crippen LogP contribution in [0, 0.1) is 11.8 Å². The molecule has 0 aromatic carbocycles. The van der Waals surface area contributed by atoms with E-state index in [0.717, 1.165) is 18.4 Å². The number of rotatable bonds is 3. The SMILES string of the molecule is CCN1CCC(C(C)CN)CC1. The van der Waals surface area contributed by atoms with Crippen molar-refractivity contribution in [1.82, 2.24) is 4.90 Å². The number of piperidine rings is 1. The molecular formula is C10H22N2. The van der Waals surface area contributed by atoms with Crippen molar-refractivity contribution in [2.75, 3.05) is 26.2 Å². The van der Waals surface area contributed by atoms with Gasteiger partial charge in [-0.1, -0.05) is 13.8 Å². The van der Waals surface area contributed by atoms with Gasteiger partial charge in [-0.2, -0.15) is 0 Å². The average Bonchev–Trinajstić information content (AvgIpc) is 2.17. The van der Waals surface area contributed by atoms with Crippen LogP contribution >= 0.6 is 0 Å². The van der Waals surface area contributed by atoms with Crippen LogP contribution in [0.2, 0.25) is 0 Å². The molecule has 1 fully saturated rings. The molecule has 0 saturated carbocycles. The summed E-state index contributed by atoms with van der Waals surface area (Å²) in [5.74, 6) is 1.61. The smallest absolute Gasteiger partial charge is 0.00161 e. The highest BCUT2D eigenvalue weighted by atomic mass is 15.1. The third-order valence-corrected chi connectivity index (χ3v) is 3.26. The Labute approximate surface area is 76.1 Å². The monoisotopic (exact) mass is 170 g/mol. The summed E-state index contributed by atoms with van der Waals surface area (Å²) in [6.07, 6.45) is 2.71. The normalized spacial score (nSPS) is 24.2. The van der Waals surface area contributed by atoms with E-state index < -0.39 is 0 Å². The molecule has 0 radical (unpaired) electrons. The molecule has 1 aliphatic heterocycles. The van der Waals surface area contributed by atoms with Crippen LogP contribution in [-0.4, -0.2) is 31.1 Å². The molecule has 0 aromatic rings. The Hall–Kier alpha value is -0.0800. The topological polar surface area (TPSA) is 29.3 Å². The number of likely N-dealkylation sites (tertiary alicyclic amines) is 1. The molecule has 1 heterocycles. The first-order valence-electron chi connectivity index (χ1n) is 5.20. The van der Waals surface area contributed by atoms with Gasteiger partial charge in [0.2, 0.25) is 0 Å². The average molecular weight is 170 g/mol. The second-order valence-corrected chi connectivity index (χ2v) is 3.98. The van der Waals surface area contributed by atoms with Crippen molar-refractivity contribution >= 4 is 0 Å². The van der Waals surface area contributed by atoms with Crippen molar-refractivity contribution in [2.45, 2.75) is 26.7 Å². The van der Waals surface area contributed by atoms with Crippen LogP contribution < -0.4 is 5.73 Å². The van der Waals surface area contributed by atoms with Gasteiger partial charge in [0.1, 0.15) is 0 Å². The lowest BCUT2D eigenvalue weighted by Crippen LogP contribution is -2.36. The molecule has 2 N–H and O–H groups in total. The van der Waals surface area contributed by atoms with Crippen LogP contribution in [0.25, 0.3) is 0 Å². The Bertz CT molecular complexity index is 117. The summed E-state index contributed by atoms with van der Waals surface area (Å²) in [7, 11) is 0. The standard InChI is InChI=1S/C10H22N2/c1-3-12-6-4-10(5-7-12)9(2)8-11/h9-10H,3-8,11H2,1-2H3. The van der Waals surface area contributed by atoms with Gasteiger partial charge in [0.05, 0.1) is 0 Å². The molecule has 0 bridgehead atoms. The third-order valence-electron chi connectivity index (χ3n) is 3.26. The largest absolute Gasteiger partial charge is 0.330 e. The number of hydrogen-bond donors (Lipinski definition) is 1. The molecule has 1 aliphatic rings. The Morgan fingerprint density at radius 3 is 2.42 bits per heavy atom. The molecule has 1 saturated heterocycles. The minimum Gasteiger partial charge on any atom is -0.330 e. The zero-order chi connectivity index (χ0) is 8.97. The third kappa shape index (κ3) is 2.46. The molecule has 2 heteroatoms. The zero-order valence-corrected chi connectivity index (χ0v) is 8.42. The van der Waals surface area contributed by atoms with E-state index in [4.69, 9.17) is 5.73 Å². The maximum atomic E-state index is 5.66. The van der Waals surface area contributed by atoms with E-state index in [2.05, 4.69) is 18.7 Å². The summed E-state index contributed by atoms with van der Waals surface area (Å²) in [6.45, 7) is 9.16. The Balaban J connectivity index is 2.25. The predicted molar refractivity (Wildman–Crippen MR) is 53.1 cm³/mol. The summed E-state index contributed by atoms with van der Waals surface area (Å²) in [5.41, 5.74) is 5.66. The van der Waals surface area contributed by atoms with E-state index >= 15 is 0 Å². The number of hydrogen-bond acceptors (Lipinski definition) is 2. The Morgan fingerprint density at radius 1 is 1.42 bits per heavy atom. The molecule has 2 nitrogen and oxygen atoms in total. The fraction of sp³-hybridized carbons (Fsp3) is 1.00. The van der Waals surface area contributed by atoms with Gasteiger partial charge in [0, 0.05) is 0 Å². The molecule has 1 unspecified atom stereocenters. The molecule has 12 heavy (non-hydrogen) atoms. The Kier molecular flexibility index (Phi) is 4.02. The van der Waals surface area contributed by atoms with E-state index in [1.165, 1.54) is 32.5 Å². The van der Waals surface area contributed by atoms with Crippen LogP contribution in [0.5, 0.6) is 0 Å². The second-order valence-electron chi connectivity index (χ2n) is 3.98. The summed E-state index contributed by atoms with van der Waals surface area (Å²) < 4.78 is 0. The minimum absolute atomic E-state index is 0.726. The minimum atomic E-state index is 0.726. The first-order chi connectivity index (χ1) is 5.77. The van der Waals surface area contributed by atoms with Crippen molar-refractivity contribution in [3.8, 4) is 0 Å². The number of nitrogens with two attached hydrogens (primary N) is 1. The lowest BCUT2D eigenvalue weighted by molar-refractivity contribution is 0.161. The molecule has 1 rings (SSSR count). The maximum Gasteiger partial charge on any atom is -0.00161 e. The maximum absolute atomic E-state index is 5.66. The van der Waals surface area contributed by atoms with Crippen LogP contribution in [0.1, 0.15) is 26.7 Å². The molecule has 0 aromatic heterocycles. The van der Waals surface area contributed by atoms with E-state index in [0.29, 0.717) is 0 Å². The van der Waals surface area contributed by atoms with Crippen LogP contribution in [0.3, 0.4) is 0 Å². The summed E-state index contributed by atoms with van der Waals surface area (Å²) >= 11 is 0. The highest BCUT2D eigenvalue weighted by Crippen LogP contribution is 2.23. The van der Waals surface area contributed by atoms with E-state index in [-0.39, 0.29) is 0 Å². The Morgan fingerprint density at radius 2 is 2.00 bits per heavy atom. The molecule has 72 valence electrons. The lowest BCUT2D eigenvalue weighted by Gasteiger charge is -2.33. The van der Waals surface area contributed by atoms with Crippen molar-refractivity contribution in [1.29, 1.82) is 0 Å². The summed E-state index contributed by atoms with van der Waals surface area (Å²) in [4.78, 5) is 2.53. The summed E-state index contributed by atoms with van der Waals surface area (Å²) in [6, 6.07) is 0. The van der Waals surface area contributed by atoms with Gasteiger partial charge >= 0.3 is 0 Å². The van der Waals surface area contributed by atoms with Crippen LogP contribution in [-0.2, 0) is 0 Å². The van der Waals surface area contributed by atoms with Gasteiger partial charge in [0.25, 0.3) is 0 Å². The molecule has 1 atom stereocenters. The van der Waals surface area contributed by atoms with Gasteiger partial charge < -0.3 is 10.6 Å². The van der Waals surface area contributed by atoms with Crippen molar-refractivity contribution in [3.63, 3.8) is 0 Å². The molecular weight excluding hydrogens is 148 g/mol. The van der Waals surface area contributed by atoms with Crippen molar-refractivity contribution in [2.24, 2.45) is 17.6 Å². The highest BCUT2D eigenvalue weighted by molar-refractivity contribution is 4.75. The first kappa shape index (κ1) is 10.0. The van der Waals surface area contributed by atoms with Gasteiger partial charge in [0.15, 0.2) is 0 Å². The van der Waals surface area contributed by atoms with Gasteiger partial charge in [-0.3, -0.25) is 0 Å². The van der Waals surface area contributed by atoms with E-state index in [1.54, 1.807) is 0 Å². The van der Waals surface area contributed by atoms with Crippen molar-refractivity contribution < 1.29 is 0 Å². The summed E-state index contributed by atoms with van der Waals surface area (Å²) in [5, 5.41) is 0. The van der Waals surface area contributed by atoms with Crippen molar-refractivity contribution in [3.05, 3.63) is 0 Å². The second kappa shape index (κ2) is 4.83. The van der Waals surface area contributed by atoms with E-state index in [1.807, 2.05) is 0 Å². The molecule has 0 aliphatic carbocycles. The number of nitrogens with zero attached hydrogens (tertiary/aromatic N) is 1. The zero-order valence-electron chi connectivity index (χ0n) is 8.42. The fourth-order valence-corrected chi connectivity index (χ4v) is 2.03. The lowest BCUT2D eigenvalue weighted by atomic mass is 9.85. The van der Waals surface area contributed by atoms with E-state index in [9.17, 15) is 0 Å². The first-order valence-corrected chi connectivity index (χ1v) is 5.20. The molecule has 0 amide bonds. The highest BCUT2D eigenvalue weighted by Gasteiger charge is 2.21. The fourth-order valence-electron chi connectivity index (χ4n) is 2.03. The quantitative estimate of drug-likeness (QED) is 0.692. The van der Waals surface area contributed by atoms with Gasteiger partial charge in [-0.15, -0.1) is 0 Å². The van der Waals surface area contributed by atoms with Gasteiger partial charge in [-0.05, 0) is 50.9 Å². The predicted octanol–water partition coefficient (Wildman–Crippen LogP) is 1.31. The molecule has 0 spiro atoms. The van der Waals surface area contributed by atoms with Gasteiger partial charge in [-0.25, -0.2) is 0 Å².